The van der Waals surface area contributed by atoms with Gasteiger partial charge in [-0.1, -0.05) is 48.5 Å². The van der Waals surface area contributed by atoms with Gasteiger partial charge in [-0.25, -0.2) is 4.39 Å². The molecule has 0 aliphatic carbocycles. The van der Waals surface area contributed by atoms with Gasteiger partial charge in [0.15, 0.2) is 0 Å². The second kappa shape index (κ2) is 7.13. The lowest BCUT2D eigenvalue weighted by Crippen LogP contribution is -2.31. The van der Waals surface area contributed by atoms with Crippen LogP contribution in [0.5, 0.6) is 0 Å². The molecular formula is C20H19FN2O. The number of likely N-dealkylation sites (N-methyl/N-ethyl adjacent to an activating group) is 1. The van der Waals surface area contributed by atoms with Crippen LogP contribution in [0.15, 0.2) is 66.7 Å². The van der Waals surface area contributed by atoms with Crippen molar-refractivity contribution in [2.45, 2.75) is 6.54 Å². The molecule has 0 spiro atoms. The molecule has 4 heteroatoms. The molecule has 3 aromatic carbocycles. The molecule has 0 atom stereocenters. The summed E-state index contributed by atoms with van der Waals surface area (Å²) in [6, 6.07) is 20.2. The zero-order valence-electron chi connectivity index (χ0n) is 13.5. The minimum Gasteiger partial charge on any atom is -0.376 e. The summed E-state index contributed by atoms with van der Waals surface area (Å²) in [5.41, 5.74) is 1.84. The zero-order chi connectivity index (χ0) is 16.9. The number of halogens is 1. The summed E-state index contributed by atoms with van der Waals surface area (Å²) in [7, 11) is 1.75. The smallest absolute Gasteiger partial charge is 0.241 e. The van der Waals surface area contributed by atoms with Crippen molar-refractivity contribution in [1.29, 1.82) is 0 Å². The Labute approximate surface area is 140 Å². The van der Waals surface area contributed by atoms with Crippen molar-refractivity contribution in [3.63, 3.8) is 0 Å². The van der Waals surface area contributed by atoms with Gasteiger partial charge in [-0.15, -0.1) is 0 Å². The summed E-state index contributed by atoms with van der Waals surface area (Å²) in [5, 5.41) is 5.44. The third kappa shape index (κ3) is 3.71. The number of amides is 1. The van der Waals surface area contributed by atoms with E-state index in [1.807, 2.05) is 42.5 Å². The standard InChI is InChI=1S/C20H19FN2O/c1-23(14-15-9-11-17(21)12-10-15)20(24)13-22-19-8-4-6-16-5-2-3-7-18(16)19/h2-12,22H,13-14H2,1H3. The van der Waals surface area contributed by atoms with Crippen LogP contribution in [0.2, 0.25) is 0 Å². The lowest BCUT2D eigenvalue weighted by Gasteiger charge is -2.18. The number of hydrogen-bond donors (Lipinski definition) is 1. The van der Waals surface area contributed by atoms with Gasteiger partial charge in [0, 0.05) is 24.7 Å². The van der Waals surface area contributed by atoms with E-state index in [-0.39, 0.29) is 18.3 Å². The Morgan fingerprint density at radius 1 is 1.00 bits per heavy atom. The average molecular weight is 322 g/mol. The first kappa shape index (κ1) is 16.0. The Morgan fingerprint density at radius 3 is 2.50 bits per heavy atom. The van der Waals surface area contributed by atoms with E-state index in [0.717, 1.165) is 22.0 Å². The molecule has 0 aromatic heterocycles. The number of anilines is 1. The second-order valence-electron chi connectivity index (χ2n) is 5.76. The van der Waals surface area contributed by atoms with Crippen LogP contribution in [0.3, 0.4) is 0 Å². The molecule has 0 unspecified atom stereocenters. The quantitative estimate of drug-likeness (QED) is 0.768. The lowest BCUT2D eigenvalue weighted by atomic mass is 10.1. The van der Waals surface area contributed by atoms with Gasteiger partial charge < -0.3 is 10.2 Å². The fourth-order valence-corrected chi connectivity index (χ4v) is 2.64. The van der Waals surface area contributed by atoms with E-state index in [1.165, 1.54) is 12.1 Å². The molecule has 0 saturated carbocycles. The highest BCUT2D eigenvalue weighted by Crippen LogP contribution is 2.22. The van der Waals surface area contributed by atoms with Crippen molar-refractivity contribution in [1.82, 2.24) is 4.90 Å². The maximum Gasteiger partial charge on any atom is 0.241 e. The van der Waals surface area contributed by atoms with Gasteiger partial charge in [-0.3, -0.25) is 4.79 Å². The van der Waals surface area contributed by atoms with E-state index in [4.69, 9.17) is 0 Å². The predicted molar refractivity (Wildman–Crippen MR) is 95.3 cm³/mol. The number of carbonyl (C=O) groups excluding carboxylic acids is 1. The highest BCUT2D eigenvalue weighted by atomic mass is 19.1. The highest BCUT2D eigenvalue weighted by Gasteiger charge is 2.10. The van der Waals surface area contributed by atoms with E-state index in [2.05, 4.69) is 5.32 Å². The molecule has 0 aliphatic heterocycles. The van der Waals surface area contributed by atoms with Crippen LogP contribution < -0.4 is 5.32 Å². The van der Waals surface area contributed by atoms with Crippen molar-refractivity contribution in [3.05, 3.63) is 78.1 Å². The number of hydrogen-bond acceptors (Lipinski definition) is 2. The van der Waals surface area contributed by atoms with Crippen molar-refractivity contribution >= 4 is 22.4 Å². The average Bonchev–Trinajstić information content (AvgIpc) is 2.61. The van der Waals surface area contributed by atoms with E-state index in [1.54, 1.807) is 24.1 Å². The number of fused-ring (bicyclic) bond motifs is 1. The molecule has 0 heterocycles. The topological polar surface area (TPSA) is 32.3 Å². The summed E-state index contributed by atoms with van der Waals surface area (Å²) in [6.07, 6.45) is 0. The van der Waals surface area contributed by atoms with E-state index in [9.17, 15) is 9.18 Å². The molecule has 3 nitrogen and oxygen atoms in total. The Bertz CT molecular complexity index is 840. The maximum atomic E-state index is 12.9. The van der Waals surface area contributed by atoms with Crippen LogP contribution in [0.1, 0.15) is 5.56 Å². The van der Waals surface area contributed by atoms with Gasteiger partial charge in [-0.05, 0) is 29.1 Å². The molecule has 0 saturated heterocycles. The lowest BCUT2D eigenvalue weighted by molar-refractivity contribution is -0.128. The first-order chi connectivity index (χ1) is 11.6. The number of nitrogens with zero attached hydrogens (tertiary/aromatic N) is 1. The summed E-state index contributed by atoms with van der Waals surface area (Å²) >= 11 is 0. The second-order valence-corrected chi connectivity index (χ2v) is 5.76. The highest BCUT2D eigenvalue weighted by molar-refractivity contribution is 5.95. The van der Waals surface area contributed by atoms with Gasteiger partial charge in [0.2, 0.25) is 5.91 Å². The first-order valence-corrected chi connectivity index (χ1v) is 7.83. The number of nitrogens with one attached hydrogen (secondary N) is 1. The molecular weight excluding hydrogens is 303 g/mol. The maximum absolute atomic E-state index is 12.9. The van der Waals surface area contributed by atoms with Crippen LogP contribution in [0, 0.1) is 5.82 Å². The molecule has 1 N–H and O–H groups in total. The minimum absolute atomic E-state index is 0.0211. The normalized spacial score (nSPS) is 10.6. The number of rotatable bonds is 5. The Kier molecular flexibility index (Phi) is 4.75. The van der Waals surface area contributed by atoms with Crippen molar-refractivity contribution in [2.75, 3.05) is 18.9 Å². The first-order valence-electron chi connectivity index (χ1n) is 7.83. The van der Waals surface area contributed by atoms with E-state index >= 15 is 0 Å². The summed E-state index contributed by atoms with van der Waals surface area (Å²) < 4.78 is 12.9. The molecule has 3 rings (SSSR count). The third-order valence-corrected chi connectivity index (χ3v) is 3.98. The van der Waals surface area contributed by atoms with Gasteiger partial charge >= 0.3 is 0 Å². The van der Waals surface area contributed by atoms with Crippen LogP contribution in [-0.4, -0.2) is 24.4 Å². The fraction of sp³-hybridized carbons (Fsp3) is 0.150. The molecule has 24 heavy (non-hydrogen) atoms. The van der Waals surface area contributed by atoms with Crippen molar-refractivity contribution in [3.8, 4) is 0 Å². The van der Waals surface area contributed by atoms with Crippen LogP contribution in [-0.2, 0) is 11.3 Å². The van der Waals surface area contributed by atoms with Gasteiger partial charge in [0.25, 0.3) is 0 Å². The van der Waals surface area contributed by atoms with E-state index in [0.29, 0.717) is 6.54 Å². The number of carbonyl (C=O) groups is 1. The van der Waals surface area contributed by atoms with Gasteiger partial charge in [-0.2, -0.15) is 0 Å². The summed E-state index contributed by atoms with van der Waals surface area (Å²) in [5.74, 6) is -0.294. The van der Waals surface area contributed by atoms with Gasteiger partial charge in [0.1, 0.15) is 5.82 Å². The predicted octanol–water partition coefficient (Wildman–Crippen LogP) is 4.05. The molecule has 0 radical (unpaired) electrons. The van der Waals surface area contributed by atoms with Crippen molar-refractivity contribution in [2.24, 2.45) is 0 Å². The Hall–Kier alpha value is -2.88. The van der Waals surface area contributed by atoms with Crippen LogP contribution >= 0.6 is 0 Å². The largest absolute Gasteiger partial charge is 0.376 e. The van der Waals surface area contributed by atoms with Gasteiger partial charge in [0.05, 0.1) is 6.54 Å². The molecule has 1 amide bonds. The molecule has 0 aliphatic rings. The van der Waals surface area contributed by atoms with Crippen LogP contribution in [0.25, 0.3) is 10.8 Å². The SMILES string of the molecule is CN(Cc1ccc(F)cc1)C(=O)CNc1cccc2ccccc12. The monoisotopic (exact) mass is 322 g/mol. The molecule has 122 valence electrons. The van der Waals surface area contributed by atoms with Crippen LogP contribution in [0.4, 0.5) is 10.1 Å². The van der Waals surface area contributed by atoms with E-state index < -0.39 is 0 Å². The van der Waals surface area contributed by atoms with Crippen molar-refractivity contribution < 1.29 is 9.18 Å². The molecule has 0 fully saturated rings. The fourth-order valence-electron chi connectivity index (χ4n) is 2.64. The summed E-state index contributed by atoms with van der Waals surface area (Å²) in [6.45, 7) is 0.669. The number of benzene rings is 3. The Morgan fingerprint density at radius 2 is 1.71 bits per heavy atom. The molecule has 0 bridgehead atoms. The summed E-state index contributed by atoms with van der Waals surface area (Å²) in [4.78, 5) is 13.9. The zero-order valence-corrected chi connectivity index (χ0v) is 13.5. The Balaban J connectivity index is 1.63. The minimum atomic E-state index is -0.273. The third-order valence-electron chi connectivity index (χ3n) is 3.98. The molecule has 3 aromatic rings.